The fourth-order valence-corrected chi connectivity index (χ4v) is 2.23. The highest BCUT2D eigenvalue weighted by Crippen LogP contribution is 2.19. The van der Waals surface area contributed by atoms with Crippen molar-refractivity contribution in [2.45, 2.75) is 64.5 Å². The van der Waals surface area contributed by atoms with Crippen molar-refractivity contribution < 1.29 is 4.74 Å². The molecular weight excluding hydrogens is 186 g/mol. The molecule has 2 nitrogen and oxygen atoms in total. The molecule has 0 aromatic rings. The van der Waals surface area contributed by atoms with Crippen LogP contribution in [0.4, 0.5) is 0 Å². The summed E-state index contributed by atoms with van der Waals surface area (Å²) in [6, 6.07) is 0.649. The van der Waals surface area contributed by atoms with E-state index in [1.54, 1.807) is 0 Å². The van der Waals surface area contributed by atoms with E-state index in [1.165, 1.54) is 38.5 Å². The Balaban J connectivity index is 2.19. The van der Waals surface area contributed by atoms with E-state index in [9.17, 15) is 0 Å². The van der Waals surface area contributed by atoms with Crippen molar-refractivity contribution in [1.29, 1.82) is 0 Å². The van der Waals surface area contributed by atoms with Gasteiger partial charge in [0.25, 0.3) is 0 Å². The minimum absolute atomic E-state index is 0.517. The fraction of sp³-hybridized carbons (Fsp3) is 1.00. The Labute approximate surface area is 94.8 Å². The Morgan fingerprint density at radius 3 is 2.60 bits per heavy atom. The number of hydrogen-bond donors (Lipinski definition) is 1. The van der Waals surface area contributed by atoms with E-state index in [4.69, 9.17) is 4.74 Å². The summed E-state index contributed by atoms with van der Waals surface area (Å²) >= 11 is 0. The second-order valence-corrected chi connectivity index (χ2v) is 5.18. The van der Waals surface area contributed by atoms with Gasteiger partial charge >= 0.3 is 0 Å². The normalized spacial score (nSPS) is 24.4. The number of hydrogen-bond acceptors (Lipinski definition) is 2. The van der Waals surface area contributed by atoms with Crippen LogP contribution in [-0.4, -0.2) is 25.8 Å². The molecule has 2 heteroatoms. The van der Waals surface area contributed by atoms with Gasteiger partial charge in [0, 0.05) is 12.6 Å². The minimum atomic E-state index is 0.517. The lowest BCUT2D eigenvalue weighted by Crippen LogP contribution is -2.32. The smallest absolute Gasteiger partial charge is 0.0590 e. The molecule has 0 aliphatic carbocycles. The third-order valence-corrected chi connectivity index (χ3v) is 3.32. The van der Waals surface area contributed by atoms with Gasteiger partial charge in [-0.05, 0) is 51.5 Å². The largest absolute Gasteiger partial charge is 0.378 e. The first-order valence-electron chi connectivity index (χ1n) is 6.51. The summed E-state index contributed by atoms with van der Waals surface area (Å²) < 4.78 is 5.78. The van der Waals surface area contributed by atoms with Crippen molar-refractivity contribution in [2.24, 2.45) is 5.92 Å². The topological polar surface area (TPSA) is 21.3 Å². The molecule has 0 aromatic heterocycles. The summed E-state index contributed by atoms with van der Waals surface area (Å²) in [6.45, 7) is 5.57. The Hall–Kier alpha value is -0.0800. The SMILES string of the molecule is CNC(CCC(C)C)CC1CCCCO1. The highest BCUT2D eigenvalue weighted by Gasteiger charge is 2.18. The zero-order chi connectivity index (χ0) is 11.1. The molecule has 0 saturated carbocycles. The van der Waals surface area contributed by atoms with E-state index < -0.39 is 0 Å². The van der Waals surface area contributed by atoms with E-state index in [-0.39, 0.29) is 0 Å². The maximum Gasteiger partial charge on any atom is 0.0590 e. The summed E-state index contributed by atoms with van der Waals surface area (Å²) in [4.78, 5) is 0. The maximum absolute atomic E-state index is 5.78. The van der Waals surface area contributed by atoms with Crippen LogP contribution in [0.25, 0.3) is 0 Å². The van der Waals surface area contributed by atoms with Crippen LogP contribution in [0.1, 0.15) is 52.4 Å². The van der Waals surface area contributed by atoms with Gasteiger partial charge in [-0.25, -0.2) is 0 Å². The average molecular weight is 213 g/mol. The molecule has 1 aliphatic heterocycles. The van der Waals surface area contributed by atoms with Crippen LogP contribution in [0.5, 0.6) is 0 Å². The quantitative estimate of drug-likeness (QED) is 0.732. The molecule has 15 heavy (non-hydrogen) atoms. The first-order valence-corrected chi connectivity index (χ1v) is 6.51. The van der Waals surface area contributed by atoms with Crippen molar-refractivity contribution in [3.05, 3.63) is 0 Å². The Bertz CT molecular complexity index is 153. The second-order valence-electron chi connectivity index (χ2n) is 5.18. The van der Waals surface area contributed by atoms with Gasteiger partial charge < -0.3 is 10.1 Å². The second kappa shape index (κ2) is 7.24. The first kappa shape index (κ1) is 13.0. The summed E-state index contributed by atoms with van der Waals surface area (Å²) in [6.07, 6.45) is 8.19. The van der Waals surface area contributed by atoms with Gasteiger partial charge in [-0.3, -0.25) is 0 Å². The molecule has 0 spiro atoms. The zero-order valence-electron chi connectivity index (χ0n) is 10.6. The lowest BCUT2D eigenvalue weighted by atomic mass is 9.96. The van der Waals surface area contributed by atoms with Gasteiger partial charge in [-0.1, -0.05) is 13.8 Å². The molecule has 1 fully saturated rings. The summed E-state index contributed by atoms with van der Waals surface area (Å²) in [5.41, 5.74) is 0. The molecule has 1 rings (SSSR count). The van der Waals surface area contributed by atoms with Crippen molar-refractivity contribution in [2.75, 3.05) is 13.7 Å². The van der Waals surface area contributed by atoms with E-state index in [1.807, 2.05) is 0 Å². The molecule has 2 atom stereocenters. The number of ether oxygens (including phenoxy) is 1. The minimum Gasteiger partial charge on any atom is -0.378 e. The summed E-state index contributed by atoms with van der Waals surface area (Å²) in [7, 11) is 2.08. The van der Waals surface area contributed by atoms with Gasteiger partial charge in [-0.15, -0.1) is 0 Å². The van der Waals surface area contributed by atoms with Crippen molar-refractivity contribution in [3.63, 3.8) is 0 Å². The molecule has 90 valence electrons. The average Bonchev–Trinajstić information content (AvgIpc) is 2.25. The van der Waals surface area contributed by atoms with Gasteiger partial charge in [0.15, 0.2) is 0 Å². The predicted octanol–water partition coefficient (Wildman–Crippen LogP) is 2.97. The van der Waals surface area contributed by atoms with Crippen LogP contribution in [0.2, 0.25) is 0 Å². The van der Waals surface area contributed by atoms with Crippen LogP contribution < -0.4 is 5.32 Å². The molecule has 0 bridgehead atoms. The lowest BCUT2D eigenvalue weighted by molar-refractivity contribution is 0.00488. The number of rotatable bonds is 6. The molecule has 0 amide bonds. The molecule has 0 radical (unpaired) electrons. The first-order chi connectivity index (χ1) is 7.22. The molecular formula is C13H27NO. The highest BCUT2D eigenvalue weighted by molar-refractivity contribution is 4.73. The third kappa shape index (κ3) is 5.53. The molecule has 1 saturated heterocycles. The third-order valence-electron chi connectivity index (χ3n) is 3.32. The van der Waals surface area contributed by atoms with Gasteiger partial charge in [0.05, 0.1) is 6.10 Å². The Kier molecular flexibility index (Phi) is 6.26. The van der Waals surface area contributed by atoms with E-state index in [0.29, 0.717) is 12.1 Å². The molecule has 2 unspecified atom stereocenters. The van der Waals surface area contributed by atoms with E-state index in [2.05, 4.69) is 26.2 Å². The fourth-order valence-electron chi connectivity index (χ4n) is 2.23. The summed E-state index contributed by atoms with van der Waals surface area (Å²) in [5, 5.41) is 3.42. The van der Waals surface area contributed by atoms with Crippen molar-refractivity contribution in [3.8, 4) is 0 Å². The van der Waals surface area contributed by atoms with Crippen LogP contribution in [0.3, 0.4) is 0 Å². The van der Waals surface area contributed by atoms with Crippen LogP contribution in [0, 0.1) is 5.92 Å². The molecule has 0 aromatic carbocycles. The predicted molar refractivity (Wildman–Crippen MR) is 65.1 cm³/mol. The van der Waals surface area contributed by atoms with Gasteiger partial charge in [0.1, 0.15) is 0 Å². The Morgan fingerprint density at radius 2 is 2.07 bits per heavy atom. The van der Waals surface area contributed by atoms with Gasteiger partial charge in [0.2, 0.25) is 0 Å². The van der Waals surface area contributed by atoms with Crippen molar-refractivity contribution >= 4 is 0 Å². The maximum atomic E-state index is 5.78. The Morgan fingerprint density at radius 1 is 1.27 bits per heavy atom. The van der Waals surface area contributed by atoms with Crippen LogP contribution in [0.15, 0.2) is 0 Å². The van der Waals surface area contributed by atoms with Gasteiger partial charge in [-0.2, -0.15) is 0 Å². The lowest BCUT2D eigenvalue weighted by Gasteiger charge is -2.27. The number of nitrogens with one attached hydrogen (secondary N) is 1. The van der Waals surface area contributed by atoms with E-state index >= 15 is 0 Å². The molecule has 1 aliphatic rings. The standard InChI is InChI=1S/C13H27NO/c1-11(2)7-8-12(14-3)10-13-6-4-5-9-15-13/h11-14H,4-10H2,1-3H3. The van der Waals surface area contributed by atoms with E-state index in [0.717, 1.165) is 12.5 Å². The summed E-state index contributed by atoms with van der Waals surface area (Å²) in [5.74, 6) is 0.813. The monoisotopic (exact) mass is 213 g/mol. The van der Waals surface area contributed by atoms with Crippen LogP contribution >= 0.6 is 0 Å². The molecule has 1 heterocycles. The molecule has 1 N–H and O–H groups in total. The van der Waals surface area contributed by atoms with Crippen LogP contribution in [-0.2, 0) is 4.74 Å². The van der Waals surface area contributed by atoms with Crippen molar-refractivity contribution in [1.82, 2.24) is 5.32 Å². The zero-order valence-corrected chi connectivity index (χ0v) is 10.6. The highest BCUT2D eigenvalue weighted by atomic mass is 16.5.